The lowest BCUT2D eigenvalue weighted by molar-refractivity contribution is -0.129. The van der Waals surface area contributed by atoms with Gasteiger partial charge in [-0.2, -0.15) is 5.26 Å². The highest BCUT2D eigenvalue weighted by molar-refractivity contribution is 5.86. The molecule has 0 aliphatic heterocycles. The zero-order valence-corrected chi connectivity index (χ0v) is 15.8. The number of nitrogens with zero attached hydrogens (tertiary/aromatic N) is 1. The van der Waals surface area contributed by atoms with Crippen LogP contribution in [0.1, 0.15) is 16.7 Å². The van der Waals surface area contributed by atoms with Crippen LogP contribution in [0.5, 0.6) is 5.75 Å². The van der Waals surface area contributed by atoms with Crippen molar-refractivity contribution in [2.75, 3.05) is 13.2 Å². The molecule has 0 aliphatic rings. The van der Waals surface area contributed by atoms with Crippen molar-refractivity contribution in [3.8, 4) is 11.8 Å². The van der Waals surface area contributed by atoms with Crippen LogP contribution in [0, 0.1) is 18.3 Å². The van der Waals surface area contributed by atoms with Gasteiger partial charge in [-0.05, 0) is 24.6 Å². The Morgan fingerprint density at radius 3 is 2.38 bits per heavy atom. The van der Waals surface area contributed by atoms with Crippen LogP contribution in [-0.2, 0) is 16.1 Å². The average Bonchev–Trinajstić information content (AvgIpc) is 2.74. The first-order valence-corrected chi connectivity index (χ1v) is 8.75. The highest BCUT2D eigenvalue weighted by Gasteiger charge is 2.09. The number of hydrogen-bond donors (Lipinski definition) is 4. The van der Waals surface area contributed by atoms with Crippen molar-refractivity contribution in [2.24, 2.45) is 0 Å². The Morgan fingerprint density at radius 1 is 0.966 bits per heavy atom. The van der Waals surface area contributed by atoms with Gasteiger partial charge in [0.25, 0.3) is 11.8 Å². The monoisotopic (exact) mass is 395 g/mol. The minimum absolute atomic E-state index is 0.267. The third-order valence-electron chi connectivity index (χ3n) is 3.69. The van der Waals surface area contributed by atoms with Gasteiger partial charge in [0.1, 0.15) is 18.4 Å². The number of rotatable bonds is 7. The lowest BCUT2D eigenvalue weighted by Gasteiger charge is -2.10. The summed E-state index contributed by atoms with van der Waals surface area (Å²) >= 11 is 0. The molecule has 0 aromatic heterocycles. The molecule has 4 N–H and O–H groups in total. The Balaban J connectivity index is 1.62. The molecule has 2 rings (SSSR count). The Bertz CT molecular complexity index is 906. The summed E-state index contributed by atoms with van der Waals surface area (Å²) in [5, 5.41) is 14.0. The van der Waals surface area contributed by atoms with Gasteiger partial charge in [0.05, 0.1) is 5.56 Å². The lowest BCUT2D eigenvalue weighted by Crippen LogP contribution is -2.49. The fraction of sp³-hybridized carbons (Fsp3) is 0.200. The van der Waals surface area contributed by atoms with Gasteiger partial charge in [0.2, 0.25) is 0 Å². The molecule has 29 heavy (non-hydrogen) atoms. The summed E-state index contributed by atoms with van der Waals surface area (Å²) in [6, 6.07) is 15.6. The molecule has 0 aliphatic carbocycles. The summed E-state index contributed by atoms with van der Waals surface area (Å²) in [6.07, 6.45) is 0. The van der Waals surface area contributed by atoms with Gasteiger partial charge in [-0.1, -0.05) is 42.0 Å². The summed E-state index contributed by atoms with van der Waals surface area (Å²) in [5.74, 6) is -0.959. The number of hydrogen-bond acceptors (Lipinski definition) is 5. The van der Waals surface area contributed by atoms with Gasteiger partial charge < -0.3 is 15.4 Å². The molecule has 2 aromatic carbocycles. The molecule has 4 amide bonds. The quantitative estimate of drug-likeness (QED) is 0.517. The maximum Gasteiger partial charge on any atom is 0.315 e. The molecule has 0 atom stereocenters. The SMILES string of the molecule is Cc1ccc(CNC(=O)NCC(=O)NNC(=O)COc2ccccc2C#N)cc1. The number of ether oxygens (including phenoxy) is 1. The van der Waals surface area contributed by atoms with E-state index >= 15 is 0 Å². The molecule has 0 unspecified atom stereocenters. The van der Waals surface area contributed by atoms with E-state index in [1.807, 2.05) is 37.3 Å². The van der Waals surface area contributed by atoms with Crippen molar-refractivity contribution in [1.29, 1.82) is 5.26 Å². The maximum absolute atomic E-state index is 11.7. The predicted molar refractivity (Wildman–Crippen MR) is 104 cm³/mol. The predicted octanol–water partition coefficient (Wildman–Crippen LogP) is 0.892. The third kappa shape index (κ3) is 7.60. The minimum Gasteiger partial charge on any atom is -0.482 e. The van der Waals surface area contributed by atoms with Crippen LogP contribution in [0.2, 0.25) is 0 Å². The first-order valence-electron chi connectivity index (χ1n) is 8.75. The molecule has 0 radical (unpaired) electrons. The van der Waals surface area contributed by atoms with Crippen molar-refractivity contribution in [2.45, 2.75) is 13.5 Å². The van der Waals surface area contributed by atoms with Gasteiger partial charge in [0.15, 0.2) is 6.61 Å². The van der Waals surface area contributed by atoms with Crippen LogP contribution >= 0.6 is 0 Å². The number of nitrogens with one attached hydrogen (secondary N) is 4. The highest BCUT2D eigenvalue weighted by atomic mass is 16.5. The molecule has 9 heteroatoms. The highest BCUT2D eigenvalue weighted by Crippen LogP contribution is 2.15. The molecule has 0 fully saturated rings. The van der Waals surface area contributed by atoms with Crippen molar-refractivity contribution < 1.29 is 19.1 Å². The first kappa shape index (κ1) is 21.2. The van der Waals surface area contributed by atoms with E-state index in [0.717, 1.165) is 11.1 Å². The molecule has 150 valence electrons. The molecule has 0 saturated carbocycles. The second-order valence-corrected chi connectivity index (χ2v) is 6.01. The zero-order valence-electron chi connectivity index (χ0n) is 15.8. The topological polar surface area (TPSA) is 132 Å². The van der Waals surface area contributed by atoms with Crippen LogP contribution in [0.15, 0.2) is 48.5 Å². The Morgan fingerprint density at radius 2 is 1.66 bits per heavy atom. The van der Waals surface area contributed by atoms with Gasteiger partial charge >= 0.3 is 6.03 Å². The number of benzene rings is 2. The number of urea groups is 1. The van der Waals surface area contributed by atoms with E-state index in [2.05, 4.69) is 21.5 Å². The number of carbonyl (C=O) groups is 3. The first-order chi connectivity index (χ1) is 14.0. The van der Waals surface area contributed by atoms with Crippen LogP contribution in [0.4, 0.5) is 4.79 Å². The van der Waals surface area contributed by atoms with Crippen molar-refractivity contribution in [1.82, 2.24) is 21.5 Å². The van der Waals surface area contributed by atoms with E-state index in [-0.39, 0.29) is 18.9 Å². The molecular weight excluding hydrogens is 374 g/mol. The van der Waals surface area contributed by atoms with Gasteiger partial charge in [-0.3, -0.25) is 20.4 Å². The number of hydrazine groups is 1. The van der Waals surface area contributed by atoms with E-state index in [1.165, 1.54) is 0 Å². The second-order valence-electron chi connectivity index (χ2n) is 6.01. The van der Waals surface area contributed by atoms with E-state index < -0.39 is 17.8 Å². The maximum atomic E-state index is 11.7. The number of amides is 4. The number of nitriles is 1. The Labute approximate surface area is 168 Å². The van der Waals surface area contributed by atoms with E-state index in [1.54, 1.807) is 24.3 Å². The molecule has 0 heterocycles. The van der Waals surface area contributed by atoms with Crippen molar-refractivity contribution in [3.05, 3.63) is 65.2 Å². The van der Waals surface area contributed by atoms with Crippen LogP contribution in [0.25, 0.3) is 0 Å². The summed E-state index contributed by atoms with van der Waals surface area (Å²) in [7, 11) is 0. The van der Waals surface area contributed by atoms with Gasteiger partial charge in [-0.15, -0.1) is 0 Å². The van der Waals surface area contributed by atoms with Gasteiger partial charge in [-0.25, -0.2) is 4.79 Å². The fourth-order valence-corrected chi connectivity index (χ4v) is 2.16. The number of para-hydroxylation sites is 1. The van der Waals surface area contributed by atoms with Crippen molar-refractivity contribution >= 4 is 17.8 Å². The summed E-state index contributed by atoms with van der Waals surface area (Å²) < 4.78 is 5.24. The summed E-state index contributed by atoms with van der Waals surface area (Å²) in [4.78, 5) is 35.1. The normalized spacial score (nSPS) is 9.66. The molecule has 0 bridgehead atoms. The van der Waals surface area contributed by atoms with Crippen LogP contribution in [0.3, 0.4) is 0 Å². The summed E-state index contributed by atoms with van der Waals surface area (Å²) in [5.41, 5.74) is 6.66. The fourth-order valence-electron chi connectivity index (χ4n) is 2.16. The molecule has 2 aromatic rings. The molecule has 9 nitrogen and oxygen atoms in total. The van der Waals surface area contributed by atoms with Gasteiger partial charge in [0, 0.05) is 6.54 Å². The third-order valence-corrected chi connectivity index (χ3v) is 3.69. The standard InChI is InChI=1S/C20H21N5O4/c1-14-6-8-15(9-7-14)11-22-20(28)23-12-18(26)24-25-19(27)13-29-17-5-3-2-4-16(17)10-21/h2-9H,11-13H2,1H3,(H,24,26)(H,25,27)(H2,22,23,28). The Kier molecular flexibility index (Phi) is 8.01. The second kappa shape index (κ2) is 10.9. The van der Waals surface area contributed by atoms with Crippen LogP contribution in [-0.4, -0.2) is 31.0 Å². The van der Waals surface area contributed by atoms with Crippen LogP contribution < -0.4 is 26.2 Å². The van der Waals surface area contributed by atoms with E-state index in [9.17, 15) is 14.4 Å². The minimum atomic E-state index is -0.616. The molecular formula is C20H21N5O4. The van der Waals surface area contributed by atoms with E-state index in [0.29, 0.717) is 12.1 Å². The largest absolute Gasteiger partial charge is 0.482 e. The molecule has 0 saturated heterocycles. The van der Waals surface area contributed by atoms with Crippen molar-refractivity contribution in [3.63, 3.8) is 0 Å². The van der Waals surface area contributed by atoms with E-state index in [4.69, 9.17) is 10.00 Å². The Hall–Kier alpha value is -4.06. The molecule has 0 spiro atoms. The smallest absolute Gasteiger partial charge is 0.315 e. The average molecular weight is 395 g/mol. The summed E-state index contributed by atoms with van der Waals surface area (Å²) in [6.45, 7) is 1.59. The zero-order chi connectivity index (χ0) is 21.1. The number of aryl methyl sites for hydroxylation is 1. The number of carbonyl (C=O) groups excluding carboxylic acids is 3. The lowest BCUT2D eigenvalue weighted by atomic mass is 10.1.